The van der Waals surface area contributed by atoms with Crippen LogP contribution in [0, 0.1) is 0 Å². The van der Waals surface area contributed by atoms with Crippen LogP contribution in [0.3, 0.4) is 0 Å². The topological polar surface area (TPSA) is 80.6 Å². The fraction of sp³-hybridized carbons (Fsp3) is 0.125. The van der Waals surface area contributed by atoms with Crippen LogP contribution in [0.4, 0.5) is 0 Å². The largest absolute Gasteiger partial charge is 0.550 e. The number of aromatic hydroxyl groups is 2. The first-order valence-electron chi connectivity index (χ1n) is 3.29. The lowest BCUT2D eigenvalue weighted by Gasteiger charge is -2.03. The molecule has 0 aliphatic heterocycles. The van der Waals surface area contributed by atoms with Crippen molar-refractivity contribution in [2.24, 2.45) is 0 Å². The van der Waals surface area contributed by atoms with Crippen LogP contribution in [0.1, 0.15) is 5.56 Å². The molecular weight excluding hydrogens is 160 g/mol. The number of benzene rings is 1. The predicted molar refractivity (Wildman–Crippen MR) is 38.5 cm³/mol. The highest BCUT2D eigenvalue weighted by molar-refractivity contribution is 5.68. The molecular formula is C8H7O4-. The first kappa shape index (κ1) is 8.39. The van der Waals surface area contributed by atoms with Gasteiger partial charge in [-0.15, -0.1) is 0 Å². The standard InChI is InChI=1S/C8H8O4/c9-6-1-5(3-8(11)12)2-7(10)4-6/h1-2,4,9-10H,3H2,(H,11,12)/p-1. The Bertz CT molecular complexity index is 286. The molecule has 2 N–H and O–H groups in total. The van der Waals surface area contributed by atoms with Crippen LogP contribution in [0.2, 0.25) is 0 Å². The van der Waals surface area contributed by atoms with Crippen molar-refractivity contribution >= 4 is 5.97 Å². The normalized spacial score (nSPS) is 9.67. The monoisotopic (exact) mass is 167 g/mol. The molecule has 4 nitrogen and oxygen atoms in total. The molecule has 0 spiro atoms. The fourth-order valence-corrected chi connectivity index (χ4v) is 0.925. The summed E-state index contributed by atoms with van der Waals surface area (Å²) in [5, 5.41) is 28.0. The smallest absolute Gasteiger partial charge is 0.119 e. The van der Waals surface area contributed by atoms with Crippen molar-refractivity contribution in [3.05, 3.63) is 23.8 Å². The van der Waals surface area contributed by atoms with Crippen molar-refractivity contribution in [3.8, 4) is 11.5 Å². The maximum Gasteiger partial charge on any atom is 0.119 e. The average Bonchev–Trinajstić information content (AvgIpc) is 1.81. The summed E-state index contributed by atoms with van der Waals surface area (Å²) in [4.78, 5) is 10.1. The summed E-state index contributed by atoms with van der Waals surface area (Å²) in [5.41, 5.74) is 0.313. The van der Waals surface area contributed by atoms with Gasteiger partial charge in [0.15, 0.2) is 0 Å². The molecule has 0 heterocycles. The summed E-state index contributed by atoms with van der Waals surface area (Å²) in [6.45, 7) is 0. The Hall–Kier alpha value is -1.71. The van der Waals surface area contributed by atoms with Gasteiger partial charge in [0, 0.05) is 18.5 Å². The number of rotatable bonds is 2. The Morgan fingerprint density at radius 1 is 1.25 bits per heavy atom. The van der Waals surface area contributed by atoms with E-state index in [2.05, 4.69) is 0 Å². The highest BCUT2D eigenvalue weighted by atomic mass is 16.4. The van der Waals surface area contributed by atoms with Gasteiger partial charge in [0.05, 0.1) is 0 Å². The van der Waals surface area contributed by atoms with Crippen molar-refractivity contribution in [1.29, 1.82) is 0 Å². The van der Waals surface area contributed by atoms with E-state index in [0.29, 0.717) is 5.56 Å². The van der Waals surface area contributed by atoms with Gasteiger partial charge in [0.1, 0.15) is 11.5 Å². The second kappa shape index (κ2) is 3.13. The number of carboxylic acids is 1. The van der Waals surface area contributed by atoms with E-state index < -0.39 is 5.97 Å². The van der Waals surface area contributed by atoms with E-state index in [4.69, 9.17) is 10.2 Å². The van der Waals surface area contributed by atoms with E-state index in [-0.39, 0.29) is 17.9 Å². The van der Waals surface area contributed by atoms with Gasteiger partial charge in [0.2, 0.25) is 0 Å². The maximum absolute atomic E-state index is 10.1. The van der Waals surface area contributed by atoms with Crippen molar-refractivity contribution in [1.82, 2.24) is 0 Å². The molecule has 0 amide bonds. The number of aliphatic carboxylic acids is 1. The zero-order valence-corrected chi connectivity index (χ0v) is 6.15. The molecule has 0 unspecified atom stereocenters. The number of carboxylic acid groups (broad SMARTS) is 1. The predicted octanol–water partition coefficient (Wildman–Crippen LogP) is -0.610. The first-order valence-corrected chi connectivity index (χ1v) is 3.29. The average molecular weight is 167 g/mol. The van der Waals surface area contributed by atoms with Gasteiger partial charge in [0.25, 0.3) is 0 Å². The zero-order valence-electron chi connectivity index (χ0n) is 6.15. The number of hydrogen-bond donors (Lipinski definition) is 2. The lowest BCUT2D eigenvalue weighted by molar-refractivity contribution is -0.304. The number of carbonyl (C=O) groups excluding carboxylic acids is 1. The Balaban J connectivity index is 2.93. The highest BCUT2D eigenvalue weighted by Crippen LogP contribution is 2.20. The Labute approximate surface area is 68.7 Å². The van der Waals surface area contributed by atoms with E-state index in [0.717, 1.165) is 6.07 Å². The van der Waals surface area contributed by atoms with Crippen LogP contribution in [0.5, 0.6) is 11.5 Å². The third-order valence-electron chi connectivity index (χ3n) is 1.31. The molecule has 0 aliphatic rings. The lowest BCUT2D eigenvalue weighted by atomic mass is 10.1. The SMILES string of the molecule is O=C([O-])Cc1cc(O)cc(O)c1. The summed E-state index contributed by atoms with van der Waals surface area (Å²) in [6, 6.07) is 3.64. The fourth-order valence-electron chi connectivity index (χ4n) is 0.925. The molecule has 12 heavy (non-hydrogen) atoms. The molecule has 1 aromatic rings. The summed E-state index contributed by atoms with van der Waals surface area (Å²) in [6.07, 6.45) is -0.318. The number of carbonyl (C=O) groups is 1. The van der Waals surface area contributed by atoms with E-state index in [1.807, 2.05) is 0 Å². The van der Waals surface area contributed by atoms with Crippen LogP contribution in [0.15, 0.2) is 18.2 Å². The molecule has 0 radical (unpaired) electrons. The summed E-state index contributed by atoms with van der Waals surface area (Å²) < 4.78 is 0. The molecule has 0 aliphatic carbocycles. The summed E-state index contributed by atoms with van der Waals surface area (Å²) in [7, 11) is 0. The van der Waals surface area contributed by atoms with Crippen molar-refractivity contribution in [3.63, 3.8) is 0 Å². The maximum atomic E-state index is 10.1. The molecule has 0 bridgehead atoms. The summed E-state index contributed by atoms with van der Waals surface area (Å²) in [5.74, 6) is -1.57. The van der Waals surface area contributed by atoms with E-state index in [1.54, 1.807) is 0 Å². The Morgan fingerprint density at radius 2 is 1.75 bits per heavy atom. The number of phenolic OH excluding ortho intramolecular Hbond substituents is 2. The molecule has 4 heteroatoms. The number of hydrogen-bond acceptors (Lipinski definition) is 4. The molecule has 0 aromatic heterocycles. The summed E-state index contributed by atoms with van der Waals surface area (Å²) >= 11 is 0. The highest BCUT2D eigenvalue weighted by Gasteiger charge is 1.98. The minimum absolute atomic E-state index is 0.161. The molecule has 1 aromatic carbocycles. The molecule has 0 saturated heterocycles. The van der Waals surface area contributed by atoms with E-state index >= 15 is 0 Å². The van der Waals surface area contributed by atoms with E-state index in [9.17, 15) is 9.90 Å². The minimum atomic E-state index is -1.25. The van der Waals surface area contributed by atoms with E-state index in [1.165, 1.54) is 12.1 Å². The van der Waals surface area contributed by atoms with Crippen LogP contribution >= 0.6 is 0 Å². The van der Waals surface area contributed by atoms with Crippen molar-refractivity contribution < 1.29 is 20.1 Å². The molecule has 0 fully saturated rings. The van der Waals surface area contributed by atoms with Gasteiger partial charge in [-0.3, -0.25) is 0 Å². The van der Waals surface area contributed by atoms with Gasteiger partial charge < -0.3 is 20.1 Å². The number of phenols is 2. The van der Waals surface area contributed by atoms with Crippen LogP contribution < -0.4 is 5.11 Å². The third kappa shape index (κ3) is 2.16. The second-order valence-electron chi connectivity index (χ2n) is 2.41. The molecule has 64 valence electrons. The van der Waals surface area contributed by atoms with Gasteiger partial charge >= 0.3 is 0 Å². The molecule has 0 saturated carbocycles. The lowest BCUT2D eigenvalue weighted by Crippen LogP contribution is -2.24. The van der Waals surface area contributed by atoms with Gasteiger partial charge in [-0.05, 0) is 17.7 Å². The second-order valence-corrected chi connectivity index (χ2v) is 2.41. The van der Waals surface area contributed by atoms with Crippen LogP contribution in [0.25, 0.3) is 0 Å². The third-order valence-corrected chi connectivity index (χ3v) is 1.31. The molecule has 0 atom stereocenters. The van der Waals surface area contributed by atoms with Gasteiger partial charge in [-0.25, -0.2) is 0 Å². The van der Waals surface area contributed by atoms with Gasteiger partial charge in [-0.1, -0.05) is 0 Å². The van der Waals surface area contributed by atoms with Crippen molar-refractivity contribution in [2.75, 3.05) is 0 Å². The Morgan fingerprint density at radius 3 is 2.17 bits per heavy atom. The zero-order chi connectivity index (χ0) is 9.14. The van der Waals surface area contributed by atoms with Gasteiger partial charge in [-0.2, -0.15) is 0 Å². The molecule has 1 rings (SSSR count). The van der Waals surface area contributed by atoms with Crippen molar-refractivity contribution in [2.45, 2.75) is 6.42 Å². The minimum Gasteiger partial charge on any atom is -0.550 e. The van der Waals surface area contributed by atoms with Crippen LogP contribution in [-0.2, 0) is 11.2 Å². The Kier molecular flexibility index (Phi) is 2.19. The quantitative estimate of drug-likeness (QED) is 0.615. The first-order chi connectivity index (χ1) is 5.58. The van der Waals surface area contributed by atoms with Crippen LogP contribution in [-0.4, -0.2) is 16.2 Å².